The molecule has 6 nitrogen and oxygen atoms in total. The molecular weight excluding hydrogens is 426 g/mol. The van der Waals surface area contributed by atoms with Crippen molar-refractivity contribution in [2.24, 2.45) is 0 Å². The number of nitrogens with one attached hydrogen (secondary N) is 1. The number of carbonyl (C=O) groups is 2. The highest BCUT2D eigenvalue weighted by atomic mass is 35.5. The van der Waals surface area contributed by atoms with E-state index in [1.165, 1.54) is 11.3 Å². The summed E-state index contributed by atoms with van der Waals surface area (Å²) in [4.78, 5) is 25.6. The van der Waals surface area contributed by atoms with Crippen LogP contribution in [0.2, 0.25) is 5.02 Å². The predicted octanol–water partition coefficient (Wildman–Crippen LogP) is 5.27. The molecule has 0 unspecified atom stereocenters. The van der Waals surface area contributed by atoms with Crippen LogP contribution in [0.15, 0.2) is 47.8 Å². The molecule has 0 fully saturated rings. The smallest absolute Gasteiger partial charge is 0.341 e. The first-order chi connectivity index (χ1) is 14.6. The van der Waals surface area contributed by atoms with E-state index in [9.17, 15) is 9.59 Å². The van der Waals surface area contributed by atoms with E-state index >= 15 is 0 Å². The highest BCUT2D eigenvalue weighted by molar-refractivity contribution is 7.15. The highest BCUT2D eigenvalue weighted by Gasteiger charge is 2.24. The molecule has 0 bridgehead atoms. The largest absolute Gasteiger partial charge is 0.486 e. The van der Waals surface area contributed by atoms with Gasteiger partial charge in [0, 0.05) is 27.1 Å². The Kier molecular flexibility index (Phi) is 5.92. The van der Waals surface area contributed by atoms with Crippen LogP contribution in [0.1, 0.15) is 27.6 Å². The van der Waals surface area contributed by atoms with Gasteiger partial charge in [-0.05, 0) is 31.2 Å². The third-order valence-electron chi connectivity index (χ3n) is 4.47. The lowest BCUT2D eigenvalue weighted by atomic mass is 10.0. The minimum absolute atomic E-state index is 0.214. The van der Waals surface area contributed by atoms with E-state index in [1.54, 1.807) is 36.6 Å². The summed E-state index contributed by atoms with van der Waals surface area (Å²) in [6.07, 6.45) is 0. The van der Waals surface area contributed by atoms with Crippen LogP contribution >= 0.6 is 22.9 Å². The van der Waals surface area contributed by atoms with E-state index in [0.29, 0.717) is 51.4 Å². The van der Waals surface area contributed by atoms with Gasteiger partial charge in [0.25, 0.3) is 5.91 Å². The van der Waals surface area contributed by atoms with Crippen molar-refractivity contribution in [1.82, 2.24) is 0 Å². The van der Waals surface area contributed by atoms with Crippen LogP contribution in [0, 0.1) is 0 Å². The van der Waals surface area contributed by atoms with Crippen molar-refractivity contribution >= 4 is 39.8 Å². The zero-order chi connectivity index (χ0) is 21.1. The Labute approximate surface area is 182 Å². The molecule has 1 aromatic heterocycles. The number of hydrogen-bond acceptors (Lipinski definition) is 6. The monoisotopic (exact) mass is 443 g/mol. The zero-order valence-electron chi connectivity index (χ0n) is 16.1. The van der Waals surface area contributed by atoms with Gasteiger partial charge in [-0.2, -0.15) is 0 Å². The van der Waals surface area contributed by atoms with Crippen molar-refractivity contribution in [2.45, 2.75) is 6.92 Å². The minimum Gasteiger partial charge on any atom is -0.486 e. The molecule has 2 heterocycles. The average Bonchev–Trinajstić information content (AvgIpc) is 3.17. The van der Waals surface area contributed by atoms with Gasteiger partial charge in [-0.15, -0.1) is 11.3 Å². The number of hydrogen-bond donors (Lipinski definition) is 1. The standard InChI is InChI=1S/C22H18ClNO5S/c1-2-27-22(26)19-15(14-5-3-4-6-16(14)23)12-30-21(19)24-20(25)13-7-8-17-18(11-13)29-10-9-28-17/h3-8,11-12H,2,9-10H2,1H3,(H,24,25). The Hall–Kier alpha value is -3.03. The molecular formula is C22H18ClNO5S. The summed E-state index contributed by atoms with van der Waals surface area (Å²) in [5, 5.41) is 5.50. The summed E-state index contributed by atoms with van der Waals surface area (Å²) in [5.41, 5.74) is 1.97. The molecule has 1 aliphatic heterocycles. The number of benzene rings is 2. The average molecular weight is 444 g/mol. The van der Waals surface area contributed by atoms with Crippen molar-refractivity contribution in [3.63, 3.8) is 0 Å². The third kappa shape index (κ3) is 3.99. The van der Waals surface area contributed by atoms with Gasteiger partial charge in [0.1, 0.15) is 23.8 Å². The molecule has 0 atom stereocenters. The first-order valence-corrected chi connectivity index (χ1v) is 10.6. The Morgan fingerprint density at radius 2 is 1.87 bits per heavy atom. The molecule has 1 aliphatic rings. The number of fused-ring (bicyclic) bond motifs is 1. The second-order valence-electron chi connectivity index (χ2n) is 6.37. The highest BCUT2D eigenvalue weighted by Crippen LogP contribution is 2.39. The second-order valence-corrected chi connectivity index (χ2v) is 7.65. The van der Waals surface area contributed by atoms with Gasteiger partial charge in [0.15, 0.2) is 11.5 Å². The van der Waals surface area contributed by atoms with Crippen molar-refractivity contribution in [1.29, 1.82) is 0 Å². The van der Waals surface area contributed by atoms with Gasteiger partial charge in [0.05, 0.1) is 6.61 Å². The van der Waals surface area contributed by atoms with Crippen molar-refractivity contribution in [2.75, 3.05) is 25.1 Å². The van der Waals surface area contributed by atoms with Crippen molar-refractivity contribution in [3.8, 4) is 22.6 Å². The predicted molar refractivity (Wildman–Crippen MR) is 116 cm³/mol. The van der Waals surface area contributed by atoms with E-state index in [4.69, 9.17) is 25.8 Å². The van der Waals surface area contributed by atoms with Gasteiger partial charge in [0.2, 0.25) is 0 Å². The summed E-state index contributed by atoms with van der Waals surface area (Å²) in [7, 11) is 0. The first-order valence-electron chi connectivity index (χ1n) is 9.33. The van der Waals surface area contributed by atoms with Crippen LogP contribution in [0.5, 0.6) is 11.5 Å². The van der Waals surface area contributed by atoms with Crippen molar-refractivity contribution < 1.29 is 23.8 Å². The van der Waals surface area contributed by atoms with Gasteiger partial charge in [-0.25, -0.2) is 4.79 Å². The van der Waals surface area contributed by atoms with Crippen LogP contribution in [0.3, 0.4) is 0 Å². The topological polar surface area (TPSA) is 73.9 Å². The molecule has 0 saturated heterocycles. The van der Waals surface area contributed by atoms with E-state index in [-0.39, 0.29) is 18.1 Å². The lowest BCUT2D eigenvalue weighted by Crippen LogP contribution is -2.18. The Morgan fingerprint density at radius 1 is 1.10 bits per heavy atom. The molecule has 4 rings (SSSR count). The Balaban J connectivity index is 1.68. The second kappa shape index (κ2) is 8.77. The molecule has 8 heteroatoms. The quantitative estimate of drug-likeness (QED) is 0.544. The Bertz CT molecular complexity index is 1110. The molecule has 0 spiro atoms. The summed E-state index contributed by atoms with van der Waals surface area (Å²) in [5.74, 6) is 0.223. The summed E-state index contributed by atoms with van der Waals surface area (Å²) in [6, 6.07) is 12.2. The molecule has 1 N–H and O–H groups in total. The molecule has 2 aromatic carbocycles. The lowest BCUT2D eigenvalue weighted by Gasteiger charge is -2.18. The number of halogens is 1. The zero-order valence-corrected chi connectivity index (χ0v) is 17.6. The number of carbonyl (C=O) groups excluding carboxylic acids is 2. The Morgan fingerprint density at radius 3 is 2.63 bits per heavy atom. The number of ether oxygens (including phenoxy) is 3. The fourth-order valence-electron chi connectivity index (χ4n) is 3.09. The van der Waals surface area contributed by atoms with E-state index < -0.39 is 5.97 Å². The van der Waals surface area contributed by atoms with Crippen LogP contribution in [-0.4, -0.2) is 31.7 Å². The maximum atomic E-state index is 12.9. The molecule has 0 saturated carbocycles. The maximum absolute atomic E-state index is 12.9. The molecule has 30 heavy (non-hydrogen) atoms. The molecule has 1 amide bonds. The number of anilines is 1. The van der Waals surface area contributed by atoms with Crippen molar-refractivity contribution in [3.05, 3.63) is 64.0 Å². The number of esters is 1. The lowest BCUT2D eigenvalue weighted by molar-refractivity contribution is 0.0529. The van der Waals surface area contributed by atoms with Gasteiger partial charge in [-0.1, -0.05) is 29.8 Å². The molecule has 3 aromatic rings. The number of amides is 1. The third-order valence-corrected chi connectivity index (χ3v) is 5.69. The SMILES string of the molecule is CCOC(=O)c1c(-c2ccccc2Cl)csc1NC(=O)c1ccc2c(c1)OCCO2. The summed E-state index contributed by atoms with van der Waals surface area (Å²) in [6.45, 7) is 2.84. The van der Waals surface area contributed by atoms with Gasteiger partial charge < -0.3 is 19.5 Å². The van der Waals surface area contributed by atoms with E-state index in [2.05, 4.69) is 5.32 Å². The van der Waals surface area contributed by atoms with Crippen LogP contribution in [0.4, 0.5) is 5.00 Å². The number of thiophene rings is 1. The molecule has 154 valence electrons. The molecule has 0 radical (unpaired) electrons. The fraction of sp³-hybridized carbons (Fsp3) is 0.182. The first kappa shape index (κ1) is 20.3. The van der Waals surface area contributed by atoms with Gasteiger partial charge >= 0.3 is 5.97 Å². The number of rotatable bonds is 5. The van der Waals surface area contributed by atoms with E-state index in [1.807, 2.05) is 18.2 Å². The van der Waals surface area contributed by atoms with E-state index in [0.717, 1.165) is 0 Å². The molecule has 0 aliphatic carbocycles. The normalized spacial score (nSPS) is 12.3. The van der Waals surface area contributed by atoms with Gasteiger partial charge in [-0.3, -0.25) is 4.79 Å². The van der Waals surface area contributed by atoms with Crippen LogP contribution in [0.25, 0.3) is 11.1 Å². The van der Waals surface area contributed by atoms with Crippen LogP contribution in [-0.2, 0) is 4.74 Å². The summed E-state index contributed by atoms with van der Waals surface area (Å²) < 4.78 is 16.3. The maximum Gasteiger partial charge on any atom is 0.341 e. The summed E-state index contributed by atoms with van der Waals surface area (Å²) >= 11 is 7.57. The fourth-order valence-corrected chi connectivity index (χ4v) is 4.27. The minimum atomic E-state index is -0.522. The van der Waals surface area contributed by atoms with Crippen LogP contribution < -0.4 is 14.8 Å².